The molecule has 4 aliphatic rings. The van der Waals surface area contributed by atoms with Crippen molar-refractivity contribution in [1.82, 2.24) is 0 Å². The Bertz CT molecular complexity index is 970. The van der Waals surface area contributed by atoms with Crippen LogP contribution in [0.1, 0.15) is 6.92 Å². The van der Waals surface area contributed by atoms with Crippen molar-refractivity contribution in [3.8, 4) is 0 Å². The minimum Gasteiger partial charge on any atom is -0.441 e. The SMILES string of the molecule is CC1C[SiH](C)O[SiH](C)O[Si](CC[Si]O[Si](O[Si]CC[Si]2O[SiH](C)O[SiH](C)O[SiH](C)O2)(O[Si]CC[Si]2O[SiH](C)O[SiH](C)O[SiH](C)O2)O[Si]CC[Si]2O[SiH](C)O[SiH](C)O[SiH](C)O2)O1. The maximum Gasteiger partial charge on any atom is 0.636 e. The lowest BCUT2D eigenvalue weighted by atomic mass is 10.5. The third-order valence-electron chi connectivity index (χ3n) is 8.32. The van der Waals surface area contributed by atoms with E-state index in [1.165, 1.54) is 0 Å². The first kappa shape index (κ1) is 57.2. The Labute approximate surface area is 401 Å². The van der Waals surface area contributed by atoms with Gasteiger partial charge in [-0.15, -0.1) is 0 Å². The molecule has 0 aromatic carbocycles. The molecule has 19 nitrogen and oxygen atoms in total. The maximum atomic E-state index is 6.76. The van der Waals surface area contributed by atoms with Gasteiger partial charge in [0.1, 0.15) is 0 Å². The molecule has 0 amide bonds. The molecular weight excluding hydrogens is 1130 g/mol. The summed E-state index contributed by atoms with van der Waals surface area (Å²) >= 11 is 0. The third kappa shape index (κ3) is 24.3. The van der Waals surface area contributed by atoms with Crippen LogP contribution < -0.4 is 0 Å². The number of hydrogen-bond donors (Lipinski definition) is 0. The molecule has 4 fully saturated rings. The van der Waals surface area contributed by atoms with Gasteiger partial charge >= 0.3 is 46.2 Å². The van der Waals surface area contributed by atoms with Crippen LogP contribution >= 0.6 is 0 Å². The first-order valence-corrected chi connectivity index (χ1v) is 56.6. The second-order valence-corrected chi connectivity index (χ2v) is 54.7. The van der Waals surface area contributed by atoms with Crippen molar-refractivity contribution < 1.29 is 78.5 Å². The quantitative estimate of drug-likeness (QED) is 0.109. The lowest BCUT2D eigenvalue weighted by molar-refractivity contribution is 0.172. The summed E-state index contributed by atoms with van der Waals surface area (Å²) in [5, 5.41) is 0. The van der Waals surface area contributed by atoms with Crippen LogP contribution in [0.25, 0.3) is 0 Å². The van der Waals surface area contributed by atoms with Crippen molar-refractivity contribution in [2.45, 2.75) is 139 Å². The van der Waals surface area contributed by atoms with Crippen LogP contribution in [0.4, 0.5) is 0 Å². The molecule has 9 atom stereocenters. The number of hydrogen-bond acceptors (Lipinski definition) is 19. The zero-order chi connectivity index (χ0) is 44.4. The molecule has 348 valence electrons. The monoisotopic (exact) mass is 1190 g/mol. The number of rotatable bonds is 20. The Morgan fingerprint density at radius 2 is 0.672 bits per heavy atom. The average Bonchev–Trinajstić information content (AvgIpc) is 3.12. The summed E-state index contributed by atoms with van der Waals surface area (Å²) in [4.78, 5) is 0. The van der Waals surface area contributed by atoms with Crippen LogP contribution in [0, 0.1) is 0 Å². The molecule has 4 saturated heterocycles. The molecule has 0 saturated carbocycles. The van der Waals surface area contributed by atoms with Crippen LogP contribution in [0.15, 0.2) is 0 Å². The summed E-state index contributed by atoms with van der Waals surface area (Å²) in [5.41, 5.74) is 0. The van der Waals surface area contributed by atoms with E-state index in [9.17, 15) is 0 Å². The molecular formula is C22H66O19Si20. The molecule has 0 N–H and O–H groups in total. The van der Waals surface area contributed by atoms with Gasteiger partial charge in [-0.05, 0) is 133 Å². The van der Waals surface area contributed by atoms with E-state index in [4.69, 9.17) is 78.5 Å². The van der Waals surface area contributed by atoms with Gasteiger partial charge in [-0.25, -0.2) is 0 Å². The van der Waals surface area contributed by atoms with E-state index in [0.29, 0.717) is 18.1 Å². The maximum absolute atomic E-state index is 6.76. The summed E-state index contributed by atoms with van der Waals surface area (Å²) in [7, 11) is -28.9. The van der Waals surface area contributed by atoms with E-state index < -0.39 is 148 Å². The van der Waals surface area contributed by atoms with Gasteiger partial charge < -0.3 is 78.5 Å². The van der Waals surface area contributed by atoms with Crippen molar-refractivity contribution in [2.24, 2.45) is 0 Å². The highest BCUT2D eigenvalue weighted by Gasteiger charge is 2.45. The van der Waals surface area contributed by atoms with E-state index in [1.54, 1.807) is 0 Å². The van der Waals surface area contributed by atoms with Crippen LogP contribution in [-0.4, -0.2) is 193 Å². The molecule has 9 unspecified atom stereocenters. The van der Waals surface area contributed by atoms with E-state index in [0.717, 1.165) is 36.3 Å². The van der Waals surface area contributed by atoms with Crippen LogP contribution in [0.2, 0.25) is 126 Å². The van der Waals surface area contributed by atoms with Crippen molar-refractivity contribution in [3.63, 3.8) is 0 Å². The van der Waals surface area contributed by atoms with Gasteiger partial charge in [0, 0.05) is 6.10 Å². The summed E-state index contributed by atoms with van der Waals surface area (Å²) in [6.45, 7) is 24.9. The highest BCUT2D eigenvalue weighted by atomic mass is 28.5. The molecule has 4 heterocycles. The Balaban J connectivity index is 1.44. The Morgan fingerprint density at radius 1 is 0.410 bits per heavy atom. The van der Waals surface area contributed by atoms with Crippen molar-refractivity contribution in [2.75, 3.05) is 0 Å². The minimum absolute atomic E-state index is 0.0510. The zero-order valence-electron chi connectivity index (χ0n) is 37.5. The largest absolute Gasteiger partial charge is 0.636 e. The third-order valence-corrected chi connectivity index (χ3v) is 61.5. The fourth-order valence-corrected chi connectivity index (χ4v) is 60.3. The predicted molar refractivity (Wildman–Crippen MR) is 268 cm³/mol. The second-order valence-electron chi connectivity index (χ2n) is 14.4. The highest BCUT2D eigenvalue weighted by Crippen LogP contribution is 2.21. The highest BCUT2D eigenvalue weighted by molar-refractivity contribution is 6.77. The normalized spacial score (nSPS) is 36.4. The second kappa shape index (κ2) is 31.0. The zero-order valence-corrected chi connectivity index (χ0v) is 59.3. The summed E-state index contributed by atoms with van der Waals surface area (Å²) < 4.78 is 121. The first-order chi connectivity index (χ1) is 29.0. The summed E-state index contributed by atoms with van der Waals surface area (Å²) in [6, 6.07) is 6.83. The first-order valence-electron chi connectivity index (χ1n) is 21.0. The van der Waals surface area contributed by atoms with Gasteiger partial charge in [-0.1, -0.05) is 0 Å². The van der Waals surface area contributed by atoms with Gasteiger partial charge in [-0.3, -0.25) is 0 Å². The molecule has 0 bridgehead atoms. The Kier molecular flexibility index (Phi) is 29.1. The molecule has 12 radical (unpaired) electrons. The lowest BCUT2D eigenvalue weighted by Crippen LogP contribution is -2.53. The Hall–Kier alpha value is 3.58. The molecule has 39 heteroatoms. The van der Waals surface area contributed by atoms with E-state index >= 15 is 0 Å². The average molecular weight is 1200 g/mol. The lowest BCUT2D eigenvalue weighted by Gasteiger charge is -2.32. The van der Waals surface area contributed by atoms with Gasteiger partial charge in [0.2, 0.25) is 39.1 Å². The fourth-order valence-electron chi connectivity index (χ4n) is 6.21. The fraction of sp³-hybridized carbons (Fsp3) is 1.00. The molecule has 4 aliphatic heterocycles. The van der Waals surface area contributed by atoms with Gasteiger partial charge in [0.25, 0.3) is 92.8 Å². The summed E-state index contributed by atoms with van der Waals surface area (Å²) in [5.74, 6) is 0. The van der Waals surface area contributed by atoms with E-state index in [2.05, 4.69) is 20.0 Å². The molecule has 0 aromatic rings. The van der Waals surface area contributed by atoms with Crippen molar-refractivity contribution in [1.29, 1.82) is 0 Å². The Morgan fingerprint density at radius 3 is 0.984 bits per heavy atom. The van der Waals surface area contributed by atoms with Gasteiger partial charge in [0.15, 0.2) is 9.04 Å². The van der Waals surface area contributed by atoms with E-state index in [-0.39, 0.29) is 45.2 Å². The smallest absolute Gasteiger partial charge is 0.441 e. The van der Waals surface area contributed by atoms with Gasteiger partial charge in [0.05, 0.1) is 0 Å². The molecule has 4 rings (SSSR count). The standard InChI is InChI=1S/C22H66O19Si20/c1-22-21-46(2)28-47(3)35-57(23-22)17-13-42-24-61(25-43-14-18-58-36-51(7)29-48(4)30-52(8)37-58,26-44-15-19-59-38-53(9)31-49(5)32-54(10)39-59)27-45-16-20-60-40-55(11)33-50(6)34-56(12)41-60/h22,46-56H,13-21H2,1-12H3. The summed E-state index contributed by atoms with van der Waals surface area (Å²) in [6.07, 6.45) is 0.128. The molecule has 61 heavy (non-hydrogen) atoms. The van der Waals surface area contributed by atoms with E-state index in [1.807, 2.05) is 58.9 Å². The van der Waals surface area contributed by atoms with Crippen LogP contribution in [-0.2, 0) is 78.5 Å². The minimum atomic E-state index is -3.68. The van der Waals surface area contributed by atoms with Crippen molar-refractivity contribution in [3.05, 3.63) is 0 Å². The molecule has 0 aromatic heterocycles. The topological polar surface area (TPSA) is 175 Å². The van der Waals surface area contributed by atoms with Crippen LogP contribution in [0.3, 0.4) is 0 Å². The molecule has 0 aliphatic carbocycles. The predicted octanol–water partition coefficient (Wildman–Crippen LogP) is -0.860. The van der Waals surface area contributed by atoms with Crippen LogP contribution in [0.5, 0.6) is 0 Å². The molecule has 0 spiro atoms. The van der Waals surface area contributed by atoms with Gasteiger partial charge in [-0.2, -0.15) is 0 Å². The van der Waals surface area contributed by atoms with Crippen molar-refractivity contribution >= 4 is 187 Å².